The fraction of sp³-hybridized carbons (Fsp3) is 0.400. The van der Waals surface area contributed by atoms with E-state index in [0.717, 1.165) is 24.8 Å². The van der Waals surface area contributed by atoms with Crippen molar-refractivity contribution < 1.29 is 18.3 Å². The molecule has 2 N–H and O–H groups in total. The first-order valence-electron chi connectivity index (χ1n) is 13.4. The first-order chi connectivity index (χ1) is 19.0. The Kier molecular flexibility index (Phi) is 9.96. The number of rotatable bonds is 9. The van der Waals surface area contributed by atoms with Crippen LogP contribution in [0.25, 0.3) is 32.6 Å². The Balaban J connectivity index is 0.00000172. The van der Waals surface area contributed by atoms with Gasteiger partial charge < -0.3 is 20.1 Å². The van der Waals surface area contributed by atoms with Crippen LogP contribution in [0.5, 0.6) is 5.75 Å². The Hall–Kier alpha value is -2.98. The maximum Gasteiger partial charge on any atom is 0.144 e. The Morgan fingerprint density at radius 1 is 1.00 bits per heavy atom. The molecule has 0 amide bonds. The molecule has 208 valence electrons. The van der Waals surface area contributed by atoms with Gasteiger partial charge in [-0.1, -0.05) is 26.0 Å². The second kappa shape index (κ2) is 13.4. The monoisotopic (exact) mass is 554 g/mol. The van der Waals surface area contributed by atoms with E-state index >= 15 is 4.39 Å². The van der Waals surface area contributed by atoms with Crippen molar-refractivity contribution in [1.82, 2.24) is 15.1 Å². The van der Waals surface area contributed by atoms with Crippen LogP contribution in [0.15, 0.2) is 41.8 Å². The van der Waals surface area contributed by atoms with Gasteiger partial charge in [0.05, 0.1) is 23.3 Å². The summed E-state index contributed by atoms with van der Waals surface area (Å²) in [4.78, 5) is 2.27. The summed E-state index contributed by atoms with van der Waals surface area (Å²) in [5.41, 5.74) is 10.4. The van der Waals surface area contributed by atoms with E-state index in [1.54, 1.807) is 6.07 Å². The average molecular weight is 555 g/mol. The van der Waals surface area contributed by atoms with Gasteiger partial charge in [0.25, 0.3) is 0 Å². The number of nitrogens with two attached hydrogens (primary N) is 1. The van der Waals surface area contributed by atoms with Crippen molar-refractivity contribution in [2.45, 2.75) is 39.2 Å². The molecule has 0 fully saturated rings. The number of aryl methyl sites for hydroxylation is 1. The van der Waals surface area contributed by atoms with Gasteiger partial charge >= 0.3 is 0 Å². The van der Waals surface area contributed by atoms with E-state index in [1.165, 1.54) is 40.0 Å². The molecule has 0 spiro atoms. The van der Waals surface area contributed by atoms with Gasteiger partial charge in [-0.15, -0.1) is 21.5 Å². The normalized spacial score (nSPS) is 14.7. The molecule has 1 atom stereocenters. The minimum Gasteiger partial charge on any atom is -0.490 e. The van der Waals surface area contributed by atoms with Crippen LogP contribution in [0.2, 0.25) is 0 Å². The van der Waals surface area contributed by atoms with Gasteiger partial charge in [-0.25, -0.2) is 8.78 Å². The number of hydrogen-bond donors (Lipinski definition) is 1. The lowest BCUT2D eigenvalue weighted by Gasteiger charge is -2.30. The van der Waals surface area contributed by atoms with Crippen molar-refractivity contribution in [3.8, 4) is 28.3 Å². The van der Waals surface area contributed by atoms with Crippen molar-refractivity contribution >= 4 is 21.4 Å². The number of ether oxygens (including phenoxy) is 2. The summed E-state index contributed by atoms with van der Waals surface area (Å²) in [5.74, 6) is -0.487. The van der Waals surface area contributed by atoms with Crippen LogP contribution in [-0.2, 0) is 17.6 Å². The van der Waals surface area contributed by atoms with Crippen molar-refractivity contribution in [3.63, 3.8) is 0 Å². The molecule has 9 heteroatoms. The number of halogens is 2. The predicted octanol–water partition coefficient (Wildman–Crippen LogP) is 6.10. The molecular formula is C30H36F2N4O2S. The van der Waals surface area contributed by atoms with E-state index in [4.69, 9.17) is 15.2 Å². The Labute approximate surface area is 232 Å². The lowest BCUT2D eigenvalue weighted by atomic mass is 9.86. The van der Waals surface area contributed by atoms with Crippen LogP contribution >= 0.6 is 11.3 Å². The van der Waals surface area contributed by atoms with Crippen molar-refractivity contribution in [3.05, 3.63) is 64.5 Å². The van der Waals surface area contributed by atoms with Gasteiger partial charge in [0.1, 0.15) is 35.4 Å². The highest BCUT2D eigenvalue weighted by molar-refractivity contribution is 7.17. The Morgan fingerprint density at radius 2 is 1.79 bits per heavy atom. The first-order valence-corrected chi connectivity index (χ1v) is 14.3. The topological polar surface area (TPSA) is 73.5 Å². The average Bonchev–Trinajstić information content (AvgIpc) is 3.35. The molecule has 39 heavy (non-hydrogen) atoms. The Morgan fingerprint density at radius 3 is 2.56 bits per heavy atom. The van der Waals surface area contributed by atoms with Gasteiger partial charge in [0.2, 0.25) is 0 Å². The molecule has 1 unspecified atom stereocenters. The van der Waals surface area contributed by atoms with Crippen molar-refractivity contribution in [2.24, 2.45) is 5.73 Å². The highest BCUT2D eigenvalue weighted by atomic mass is 32.1. The third kappa shape index (κ3) is 6.44. The van der Waals surface area contributed by atoms with Crippen LogP contribution in [0, 0.1) is 11.6 Å². The molecule has 2 heterocycles. The van der Waals surface area contributed by atoms with Gasteiger partial charge in [-0.2, -0.15) is 0 Å². The van der Waals surface area contributed by atoms with Crippen molar-refractivity contribution in [2.75, 3.05) is 40.5 Å². The minimum absolute atomic E-state index is 0.216. The lowest BCUT2D eigenvalue weighted by molar-refractivity contribution is 0.106. The van der Waals surface area contributed by atoms with Crippen LogP contribution in [0.1, 0.15) is 31.4 Å². The molecule has 1 aliphatic carbocycles. The number of likely N-dealkylation sites (N-methyl/N-ethyl adjacent to an activating group) is 1. The number of nitrogens with zero attached hydrogens (tertiary/aromatic N) is 3. The highest BCUT2D eigenvalue weighted by Crippen LogP contribution is 2.41. The van der Waals surface area contributed by atoms with Gasteiger partial charge in [0, 0.05) is 35.2 Å². The van der Waals surface area contributed by atoms with E-state index in [1.807, 2.05) is 19.9 Å². The molecule has 0 saturated carbocycles. The molecule has 1 aliphatic rings. The van der Waals surface area contributed by atoms with Gasteiger partial charge in [-0.05, 0) is 62.7 Å². The zero-order chi connectivity index (χ0) is 27.9. The van der Waals surface area contributed by atoms with Gasteiger partial charge in [0.15, 0.2) is 0 Å². The zero-order valence-corrected chi connectivity index (χ0v) is 23.8. The zero-order valence-electron chi connectivity index (χ0n) is 23.0. The maximum atomic E-state index is 15.2. The van der Waals surface area contributed by atoms with Crippen LogP contribution in [0.3, 0.4) is 0 Å². The standard InChI is InChI=1S/C28H30F2N4O2S.C2H6/c1-34(2)21-7-5-17-13-19(4-3-18(17)14-21)26-25-23(30)16-37-28(25)27(33-32-26)22-8-6-20(29)15-24(22)36-12-11-35-10-9-31;1-2/h3-4,6,8,13,15-16,21H,5,7,9-12,14,31H2,1-2H3;1-2H3. The molecule has 5 rings (SSSR count). The van der Waals surface area contributed by atoms with E-state index in [9.17, 15) is 4.39 Å². The highest BCUT2D eigenvalue weighted by Gasteiger charge is 2.24. The number of hydrogen-bond acceptors (Lipinski definition) is 7. The summed E-state index contributed by atoms with van der Waals surface area (Å²) in [6.07, 6.45) is 3.05. The largest absolute Gasteiger partial charge is 0.490 e. The third-order valence-electron chi connectivity index (χ3n) is 6.81. The molecule has 0 aliphatic heterocycles. The van der Waals surface area contributed by atoms with Crippen molar-refractivity contribution in [1.29, 1.82) is 0 Å². The lowest BCUT2D eigenvalue weighted by Crippen LogP contribution is -2.33. The quantitative estimate of drug-likeness (QED) is 0.252. The fourth-order valence-electron chi connectivity index (χ4n) is 4.84. The molecule has 0 bridgehead atoms. The molecular weight excluding hydrogens is 518 g/mol. The minimum atomic E-state index is -0.439. The van der Waals surface area contributed by atoms with E-state index in [-0.39, 0.29) is 12.4 Å². The molecule has 2 aromatic carbocycles. The number of benzene rings is 2. The SMILES string of the molecule is CC.CN(C)C1CCc2cc(-c3nnc(-c4ccc(F)cc4OCCOCCN)c4scc(F)c34)ccc2C1. The number of thiophene rings is 1. The first kappa shape index (κ1) is 29.0. The maximum absolute atomic E-state index is 15.2. The molecule has 2 aromatic heterocycles. The van der Waals surface area contributed by atoms with E-state index in [0.29, 0.717) is 58.6 Å². The molecule has 0 saturated heterocycles. The predicted molar refractivity (Wildman–Crippen MR) is 154 cm³/mol. The van der Waals surface area contributed by atoms with Crippen LogP contribution in [-0.4, -0.2) is 61.6 Å². The number of aromatic nitrogens is 2. The summed E-state index contributed by atoms with van der Waals surface area (Å²) in [6.45, 7) is 5.36. The molecule has 0 radical (unpaired) electrons. The van der Waals surface area contributed by atoms with Crippen LogP contribution < -0.4 is 10.5 Å². The Bertz CT molecular complexity index is 1410. The summed E-state index contributed by atoms with van der Waals surface area (Å²) in [6, 6.07) is 11.0. The summed E-state index contributed by atoms with van der Waals surface area (Å²) < 4.78 is 41.1. The van der Waals surface area contributed by atoms with Gasteiger partial charge in [-0.3, -0.25) is 0 Å². The molecule has 4 aromatic rings. The number of fused-ring (bicyclic) bond motifs is 2. The smallest absolute Gasteiger partial charge is 0.144 e. The second-order valence-corrected chi connectivity index (χ2v) is 10.3. The second-order valence-electron chi connectivity index (χ2n) is 9.42. The van der Waals surface area contributed by atoms with Crippen LogP contribution in [0.4, 0.5) is 8.78 Å². The van der Waals surface area contributed by atoms with E-state index < -0.39 is 5.82 Å². The third-order valence-corrected chi connectivity index (χ3v) is 7.76. The molecule has 6 nitrogen and oxygen atoms in total. The van der Waals surface area contributed by atoms with E-state index in [2.05, 4.69) is 41.3 Å². The fourth-order valence-corrected chi connectivity index (χ4v) is 5.75. The summed E-state index contributed by atoms with van der Waals surface area (Å²) >= 11 is 1.25. The summed E-state index contributed by atoms with van der Waals surface area (Å²) in [7, 11) is 4.23. The summed E-state index contributed by atoms with van der Waals surface area (Å²) in [5, 5.41) is 10.9.